The monoisotopic (exact) mass is 1040 g/mol. The average Bonchev–Trinajstić information content (AvgIpc) is 2.21. The van der Waals surface area contributed by atoms with E-state index in [4.69, 9.17) is 4.74 Å². The summed E-state index contributed by atoms with van der Waals surface area (Å²) < 4.78 is 7.22. The molecule has 5 aliphatic heterocycles. The Morgan fingerprint density at radius 1 is 0.358 bits per heavy atom. The van der Waals surface area contributed by atoms with E-state index < -0.39 is 0 Å². The maximum atomic E-state index is 7.22. The van der Waals surface area contributed by atoms with Crippen LogP contribution in [0.5, 0.6) is 11.5 Å². The number of para-hydroxylation sites is 4. The molecule has 0 spiro atoms. The van der Waals surface area contributed by atoms with Gasteiger partial charge in [0.1, 0.15) is 11.5 Å². The first-order chi connectivity index (χ1) is 39.8. The standard InChI is InChI=1S/C73H57B2N5O/c1-47-25-33-53(34-26-47)77(54-35-27-48(2)28-36-54)57-43-66-70-67(44-57)80(52-18-9-6-10-19-52)73-59-20-15-41-76-65-42-58(78(55-37-29-49(3)30-38-55)56-39-31-50(4)32-40-56)45-69-71(65)75(61-22-12-14-24-68(61)81-69)62(72(59)76)46-63(73)74(70)60-21-11-13-23-64(60)79(66)51-16-7-5-8-17-51/h5-14,16-19,21-40,42-46H,15,20,41H2,1-4H3. The van der Waals surface area contributed by atoms with Crippen molar-refractivity contribution < 1.29 is 4.74 Å². The van der Waals surface area contributed by atoms with Crippen LogP contribution in [0.4, 0.5) is 79.6 Å². The summed E-state index contributed by atoms with van der Waals surface area (Å²) in [6.07, 6.45) is 1.92. The third-order valence-electron chi connectivity index (χ3n) is 17.6. The minimum atomic E-state index is -0.0878. The van der Waals surface area contributed by atoms with Gasteiger partial charge in [0.25, 0.3) is 13.4 Å². The molecule has 0 unspecified atom stereocenters. The van der Waals surface area contributed by atoms with Crippen LogP contribution in [0.2, 0.25) is 0 Å². The van der Waals surface area contributed by atoms with Crippen molar-refractivity contribution in [1.82, 2.24) is 0 Å². The fourth-order valence-corrected chi connectivity index (χ4v) is 14.0. The highest BCUT2D eigenvalue weighted by atomic mass is 16.5. The minimum Gasteiger partial charge on any atom is -0.458 e. The molecular weight excluding hydrogens is 984 g/mol. The summed E-state index contributed by atoms with van der Waals surface area (Å²) in [7, 11) is 0. The van der Waals surface area contributed by atoms with Gasteiger partial charge in [-0.2, -0.15) is 0 Å². The number of fused-ring (bicyclic) bond motifs is 9. The number of hydrogen-bond donors (Lipinski definition) is 0. The lowest BCUT2D eigenvalue weighted by atomic mass is 9.30. The summed E-state index contributed by atoms with van der Waals surface area (Å²) in [4.78, 5) is 12.7. The molecule has 386 valence electrons. The van der Waals surface area contributed by atoms with Gasteiger partial charge >= 0.3 is 0 Å². The number of nitrogens with zero attached hydrogens (tertiary/aromatic N) is 5. The SMILES string of the molecule is Cc1ccc(N(c2ccc(C)cc2)c2cc3c4c(c2)N2CCCc5c2c(cc2c5N(c5ccccc5)c5cc(N(c6ccc(C)cc6)c6ccc(C)cc6)cc6c5B2c2ccccc2N6c2ccccc2)B4c2ccccc2O3)cc1. The molecule has 8 heteroatoms. The molecule has 0 bridgehead atoms. The molecule has 0 fully saturated rings. The molecule has 11 aromatic carbocycles. The van der Waals surface area contributed by atoms with Crippen molar-refractivity contribution in [1.29, 1.82) is 0 Å². The van der Waals surface area contributed by atoms with Crippen LogP contribution in [0, 0.1) is 27.7 Å². The number of hydrogen-bond acceptors (Lipinski definition) is 6. The van der Waals surface area contributed by atoms with E-state index in [1.165, 1.54) is 94.7 Å². The summed E-state index contributed by atoms with van der Waals surface area (Å²) in [5.74, 6) is 1.82. The van der Waals surface area contributed by atoms with Gasteiger partial charge in [-0.15, -0.1) is 0 Å². The van der Waals surface area contributed by atoms with Crippen molar-refractivity contribution >= 4 is 126 Å². The molecule has 11 aromatic rings. The molecule has 0 aliphatic carbocycles. The van der Waals surface area contributed by atoms with Gasteiger partial charge in [0.05, 0.1) is 11.4 Å². The summed E-state index contributed by atoms with van der Waals surface area (Å²) in [5.41, 5.74) is 30.2. The first kappa shape index (κ1) is 47.4. The highest BCUT2D eigenvalue weighted by molar-refractivity contribution is 7.02. The van der Waals surface area contributed by atoms with Crippen LogP contribution < -0.4 is 62.0 Å². The Kier molecular flexibility index (Phi) is 10.8. The highest BCUT2D eigenvalue weighted by Crippen LogP contribution is 2.52. The Balaban J connectivity index is 0.995. The first-order valence-electron chi connectivity index (χ1n) is 28.6. The van der Waals surface area contributed by atoms with Gasteiger partial charge in [-0.1, -0.05) is 150 Å². The Hall–Kier alpha value is -9.65. The lowest BCUT2D eigenvalue weighted by molar-refractivity contribution is 0.487. The van der Waals surface area contributed by atoms with Crippen LogP contribution in [0.15, 0.2) is 237 Å². The van der Waals surface area contributed by atoms with Gasteiger partial charge in [0.2, 0.25) is 0 Å². The molecule has 6 nitrogen and oxygen atoms in total. The molecule has 0 saturated heterocycles. The second-order valence-electron chi connectivity index (χ2n) is 22.7. The number of benzene rings is 11. The zero-order valence-electron chi connectivity index (χ0n) is 45.9. The van der Waals surface area contributed by atoms with Crippen molar-refractivity contribution in [2.75, 3.05) is 31.0 Å². The molecule has 81 heavy (non-hydrogen) atoms. The van der Waals surface area contributed by atoms with Crippen LogP contribution in [0.3, 0.4) is 0 Å². The molecule has 16 rings (SSSR count). The van der Waals surface area contributed by atoms with E-state index in [1.807, 2.05) is 0 Å². The number of anilines is 14. The smallest absolute Gasteiger partial charge is 0.256 e. The fourth-order valence-electron chi connectivity index (χ4n) is 14.0. The predicted octanol–water partition coefficient (Wildman–Crippen LogP) is 15.0. The Morgan fingerprint density at radius 3 is 1.40 bits per heavy atom. The maximum absolute atomic E-state index is 7.22. The van der Waals surface area contributed by atoms with E-state index in [2.05, 4.69) is 289 Å². The van der Waals surface area contributed by atoms with Crippen molar-refractivity contribution in [2.24, 2.45) is 0 Å². The first-order valence-corrected chi connectivity index (χ1v) is 28.6. The van der Waals surface area contributed by atoms with Gasteiger partial charge in [-0.05, 0) is 182 Å². The number of ether oxygens (including phenoxy) is 1. The van der Waals surface area contributed by atoms with E-state index in [9.17, 15) is 0 Å². The lowest BCUT2D eigenvalue weighted by Crippen LogP contribution is -2.65. The highest BCUT2D eigenvalue weighted by Gasteiger charge is 2.50. The molecule has 5 heterocycles. The van der Waals surface area contributed by atoms with Crippen LogP contribution in [-0.2, 0) is 6.42 Å². The average molecular weight is 1040 g/mol. The van der Waals surface area contributed by atoms with Crippen molar-refractivity contribution in [3.8, 4) is 11.5 Å². The van der Waals surface area contributed by atoms with Gasteiger partial charge in [-0.3, -0.25) is 0 Å². The summed E-state index contributed by atoms with van der Waals surface area (Å²) >= 11 is 0. The molecule has 0 N–H and O–H groups in total. The maximum Gasteiger partial charge on any atom is 0.256 e. The Labute approximate surface area is 475 Å². The molecule has 0 atom stereocenters. The molecular formula is C73H57B2N5O. The van der Waals surface area contributed by atoms with Crippen molar-refractivity contribution in [2.45, 2.75) is 40.5 Å². The zero-order chi connectivity index (χ0) is 54.0. The fraction of sp³-hybridized carbons (Fsp3) is 0.0959. The van der Waals surface area contributed by atoms with E-state index >= 15 is 0 Å². The van der Waals surface area contributed by atoms with Crippen LogP contribution in [0.1, 0.15) is 34.2 Å². The van der Waals surface area contributed by atoms with Gasteiger partial charge in [0, 0.05) is 80.9 Å². The van der Waals surface area contributed by atoms with Crippen LogP contribution in [-0.4, -0.2) is 20.0 Å². The van der Waals surface area contributed by atoms with Crippen LogP contribution >= 0.6 is 0 Å². The Bertz CT molecular complexity index is 4210. The third-order valence-corrected chi connectivity index (χ3v) is 17.6. The summed E-state index contributed by atoms with van der Waals surface area (Å²) in [6.45, 7) is 9.38. The van der Waals surface area contributed by atoms with Gasteiger partial charge in [0.15, 0.2) is 0 Å². The van der Waals surface area contributed by atoms with Crippen molar-refractivity contribution in [3.05, 3.63) is 264 Å². The Morgan fingerprint density at radius 2 is 0.815 bits per heavy atom. The summed E-state index contributed by atoms with van der Waals surface area (Å²) in [5, 5.41) is 0. The lowest BCUT2D eigenvalue weighted by Gasteiger charge is -2.49. The van der Waals surface area contributed by atoms with Gasteiger partial charge in [-0.25, -0.2) is 0 Å². The minimum absolute atomic E-state index is 0.0692. The largest absolute Gasteiger partial charge is 0.458 e. The molecule has 0 amide bonds. The third kappa shape index (κ3) is 7.43. The zero-order valence-corrected chi connectivity index (χ0v) is 45.9. The predicted molar refractivity (Wildman–Crippen MR) is 342 cm³/mol. The number of rotatable bonds is 8. The molecule has 5 aliphatic rings. The van der Waals surface area contributed by atoms with E-state index in [1.54, 1.807) is 0 Å². The van der Waals surface area contributed by atoms with E-state index in [-0.39, 0.29) is 13.4 Å². The second-order valence-corrected chi connectivity index (χ2v) is 22.7. The molecule has 0 saturated carbocycles. The van der Waals surface area contributed by atoms with E-state index in [0.717, 1.165) is 76.4 Å². The van der Waals surface area contributed by atoms with Crippen molar-refractivity contribution in [3.63, 3.8) is 0 Å². The normalized spacial score (nSPS) is 13.8. The summed E-state index contributed by atoms with van der Waals surface area (Å²) in [6, 6.07) is 88.4. The quantitative estimate of drug-likeness (QED) is 0.141. The topological polar surface area (TPSA) is 25.4 Å². The second kappa shape index (κ2) is 18.5. The van der Waals surface area contributed by atoms with Crippen LogP contribution in [0.25, 0.3) is 0 Å². The number of aryl methyl sites for hydroxylation is 4. The molecule has 0 aromatic heterocycles. The van der Waals surface area contributed by atoms with E-state index in [0.29, 0.717) is 0 Å². The molecule has 0 radical (unpaired) electrons. The van der Waals surface area contributed by atoms with Gasteiger partial charge < -0.3 is 29.2 Å².